The molecule has 0 saturated heterocycles. The fraction of sp³-hybridized carbons (Fsp3) is 0.188. The fourth-order valence-electron chi connectivity index (χ4n) is 2.51. The molecule has 0 fully saturated rings. The van der Waals surface area contributed by atoms with Crippen LogP contribution in [0.3, 0.4) is 0 Å². The molecule has 0 radical (unpaired) electrons. The molecular weight excluding hydrogens is 280 g/mol. The first-order chi connectivity index (χ1) is 10.6. The van der Waals surface area contributed by atoms with E-state index in [-0.39, 0.29) is 18.0 Å². The van der Waals surface area contributed by atoms with Gasteiger partial charge in [0.15, 0.2) is 0 Å². The van der Waals surface area contributed by atoms with Crippen LogP contribution >= 0.6 is 0 Å². The summed E-state index contributed by atoms with van der Waals surface area (Å²) in [4.78, 5) is 34.1. The first-order valence-corrected chi connectivity index (χ1v) is 6.96. The SMILES string of the molecule is Cc1cc(C)c(CNC(=O)c2c[nH]c3ncccc23)c(=O)[nH]1. The maximum Gasteiger partial charge on any atom is 0.253 e. The molecule has 0 saturated carbocycles. The Hall–Kier alpha value is -2.89. The van der Waals surface area contributed by atoms with Crippen LogP contribution in [0, 0.1) is 13.8 Å². The summed E-state index contributed by atoms with van der Waals surface area (Å²) in [7, 11) is 0. The molecule has 3 rings (SSSR count). The lowest BCUT2D eigenvalue weighted by Gasteiger charge is -2.07. The lowest BCUT2D eigenvalue weighted by Crippen LogP contribution is -2.27. The van der Waals surface area contributed by atoms with Crippen LogP contribution in [0.1, 0.15) is 27.2 Å². The van der Waals surface area contributed by atoms with Gasteiger partial charge in [-0.05, 0) is 37.6 Å². The van der Waals surface area contributed by atoms with Gasteiger partial charge in [0, 0.05) is 35.6 Å². The molecule has 0 aliphatic rings. The van der Waals surface area contributed by atoms with Crippen molar-refractivity contribution in [2.45, 2.75) is 20.4 Å². The number of pyridine rings is 2. The van der Waals surface area contributed by atoms with Crippen molar-refractivity contribution in [1.82, 2.24) is 20.3 Å². The zero-order valence-electron chi connectivity index (χ0n) is 12.4. The fourth-order valence-corrected chi connectivity index (χ4v) is 2.51. The number of rotatable bonds is 3. The summed E-state index contributed by atoms with van der Waals surface area (Å²) in [5, 5.41) is 3.55. The van der Waals surface area contributed by atoms with Crippen molar-refractivity contribution in [3.63, 3.8) is 0 Å². The lowest BCUT2D eigenvalue weighted by molar-refractivity contribution is 0.0952. The van der Waals surface area contributed by atoms with E-state index in [9.17, 15) is 9.59 Å². The summed E-state index contributed by atoms with van der Waals surface area (Å²) < 4.78 is 0. The molecule has 6 heteroatoms. The number of hydrogen-bond acceptors (Lipinski definition) is 3. The van der Waals surface area contributed by atoms with Crippen LogP contribution in [0.5, 0.6) is 0 Å². The highest BCUT2D eigenvalue weighted by Crippen LogP contribution is 2.15. The first-order valence-electron chi connectivity index (χ1n) is 6.96. The third-order valence-corrected chi connectivity index (χ3v) is 3.62. The molecule has 0 atom stereocenters. The third-order valence-electron chi connectivity index (χ3n) is 3.62. The average Bonchev–Trinajstić information content (AvgIpc) is 2.90. The summed E-state index contributed by atoms with van der Waals surface area (Å²) >= 11 is 0. The molecule has 3 aromatic heterocycles. The van der Waals surface area contributed by atoms with Crippen LogP contribution in [0.15, 0.2) is 35.4 Å². The number of H-pyrrole nitrogens is 2. The van der Waals surface area contributed by atoms with Crippen molar-refractivity contribution in [2.75, 3.05) is 0 Å². The number of amides is 1. The second-order valence-electron chi connectivity index (χ2n) is 5.23. The minimum atomic E-state index is -0.237. The number of nitrogens with one attached hydrogen (secondary N) is 3. The Balaban J connectivity index is 1.83. The van der Waals surface area contributed by atoms with Crippen LogP contribution in [0.25, 0.3) is 11.0 Å². The summed E-state index contributed by atoms with van der Waals surface area (Å²) in [5.74, 6) is -0.237. The number of fused-ring (bicyclic) bond motifs is 1. The first kappa shape index (κ1) is 14.1. The van der Waals surface area contributed by atoms with Crippen LogP contribution in [-0.2, 0) is 6.54 Å². The summed E-state index contributed by atoms with van der Waals surface area (Å²) in [6, 6.07) is 5.50. The molecule has 0 spiro atoms. The predicted molar refractivity (Wildman–Crippen MR) is 83.8 cm³/mol. The van der Waals surface area contributed by atoms with E-state index in [4.69, 9.17) is 0 Å². The van der Waals surface area contributed by atoms with E-state index in [1.165, 1.54) is 0 Å². The minimum Gasteiger partial charge on any atom is -0.348 e. The van der Waals surface area contributed by atoms with Crippen molar-refractivity contribution in [1.29, 1.82) is 0 Å². The summed E-state index contributed by atoms with van der Waals surface area (Å²) in [6.45, 7) is 3.88. The van der Waals surface area contributed by atoms with Crippen molar-refractivity contribution in [3.05, 3.63) is 63.3 Å². The van der Waals surface area contributed by atoms with E-state index in [0.29, 0.717) is 16.8 Å². The van der Waals surface area contributed by atoms with E-state index in [2.05, 4.69) is 20.3 Å². The van der Waals surface area contributed by atoms with E-state index >= 15 is 0 Å². The molecule has 0 aliphatic carbocycles. The molecule has 1 amide bonds. The van der Waals surface area contributed by atoms with Gasteiger partial charge in [0.2, 0.25) is 0 Å². The Morgan fingerprint density at radius 3 is 2.95 bits per heavy atom. The van der Waals surface area contributed by atoms with Crippen molar-refractivity contribution >= 4 is 16.9 Å². The minimum absolute atomic E-state index is 0.168. The van der Waals surface area contributed by atoms with Gasteiger partial charge in [0.05, 0.1) is 5.56 Å². The number of aromatic amines is 2. The number of aryl methyl sites for hydroxylation is 2. The van der Waals surface area contributed by atoms with Crippen LogP contribution < -0.4 is 10.9 Å². The number of hydrogen-bond donors (Lipinski definition) is 3. The molecule has 3 heterocycles. The van der Waals surface area contributed by atoms with Gasteiger partial charge in [-0.15, -0.1) is 0 Å². The maximum absolute atomic E-state index is 12.3. The lowest BCUT2D eigenvalue weighted by atomic mass is 10.1. The molecule has 6 nitrogen and oxygen atoms in total. The van der Waals surface area contributed by atoms with Gasteiger partial charge in [-0.2, -0.15) is 0 Å². The summed E-state index contributed by atoms with van der Waals surface area (Å²) in [6.07, 6.45) is 3.29. The topological polar surface area (TPSA) is 90.6 Å². The number of carbonyl (C=O) groups excluding carboxylic acids is 1. The molecule has 0 aliphatic heterocycles. The second kappa shape index (κ2) is 5.48. The van der Waals surface area contributed by atoms with Gasteiger partial charge in [-0.3, -0.25) is 9.59 Å². The third kappa shape index (κ3) is 2.50. The van der Waals surface area contributed by atoms with E-state index in [0.717, 1.165) is 16.6 Å². The molecule has 3 aromatic rings. The quantitative estimate of drug-likeness (QED) is 0.688. The normalized spacial score (nSPS) is 10.8. The smallest absolute Gasteiger partial charge is 0.253 e. The van der Waals surface area contributed by atoms with Gasteiger partial charge in [-0.25, -0.2) is 4.98 Å². The highest BCUT2D eigenvalue weighted by Gasteiger charge is 2.13. The number of nitrogens with zero attached hydrogens (tertiary/aromatic N) is 1. The molecule has 22 heavy (non-hydrogen) atoms. The second-order valence-corrected chi connectivity index (χ2v) is 5.23. The molecule has 3 N–H and O–H groups in total. The molecular formula is C16H16N4O2. The van der Waals surface area contributed by atoms with Crippen molar-refractivity contribution < 1.29 is 4.79 Å². The molecule has 0 unspecified atom stereocenters. The Morgan fingerprint density at radius 2 is 2.18 bits per heavy atom. The zero-order chi connectivity index (χ0) is 15.7. The van der Waals surface area contributed by atoms with E-state index in [1.807, 2.05) is 26.0 Å². The van der Waals surface area contributed by atoms with Gasteiger partial charge in [0.1, 0.15) is 5.65 Å². The maximum atomic E-state index is 12.3. The Bertz CT molecular complexity index is 908. The largest absolute Gasteiger partial charge is 0.348 e. The Labute approximate surface area is 126 Å². The van der Waals surface area contributed by atoms with Gasteiger partial charge in [-0.1, -0.05) is 0 Å². The number of carbonyl (C=O) groups is 1. The van der Waals surface area contributed by atoms with Crippen molar-refractivity contribution in [2.24, 2.45) is 0 Å². The summed E-state index contributed by atoms with van der Waals surface area (Å²) in [5.41, 5.74) is 3.25. The highest BCUT2D eigenvalue weighted by molar-refractivity contribution is 6.05. The van der Waals surface area contributed by atoms with E-state index < -0.39 is 0 Å². The standard InChI is InChI=1S/C16H16N4O2/c1-9-6-10(2)20-16(22)12(9)7-19-15(21)13-8-18-14-11(13)4-3-5-17-14/h3-6,8H,7H2,1-2H3,(H,17,18)(H,19,21)(H,20,22). The predicted octanol–water partition coefficient (Wildman–Crippen LogP) is 1.80. The van der Waals surface area contributed by atoms with Gasteiger partial charge in [0.25, 0.3) is 11.5 Å². The average molecular weight is 296 g/mol. The number of aromatic nitrogens is 3. The van der Waals surface area contributed by atoms with Gasteiger partial charge < -0.3 is 15.3 Å². The van der Waals surface area contributed by atoms with Crippen LogP contribution in [-0.4, -0.2) is 20.9 Å². The Kier molecular flexibility index (Phi) is 3.50. The molecule has 0 bridgehead atoms. The zero-order valence-corrected chi connectivity index (χ0v) is 12.4. The van der Waals surface area contributed by atoms with Gasteiger partial charge >= 0.3 is 0 Å². The monoisotopic (exact) mass is 296 g/mol. The molecule has 0 aromatic carbocycles. The highest BCUT2D eigenvalue weighted by atomic mass is 16.1. The molecule has 112 valence electrons. The Morgan fingerprint density at radius 1 is 1.36 bits per heavy atom. The van der Waals surface area contributed by atoms with Crippen molar-refractivity contribution in [3.8, 4) is 0 Å². The van der Waals surface area contributed by atoms with E-state index in [1.54, 1.807) is 18.5 Å². The van der Waals surface area contributed by atoms with Crippen LogP contribution in [0.2, 0.25) is 0 Å². The van der Waals surface area contributed by atoms with Crippen LogP contribution in [0.4, 0.5) is 0 Å².